The zero-order valence-corrected chi connectivity index (χ0v) is 18.6. The number of aromatic nitrogens is 1. The number of anilines is 1. The maximum Gasteiger partial charge on any atom is 0.417 e. The molecule has 3 rings (SSSR count). The number of hydrogen-bond donors (Lipinski definition) is 2. The fraction of sp³-hybridized carbons (Fsp3) is 0.450. The molecular formula is C20H21F3N2O5S2. The summed E-state index contributed by atoms with van der Waals surface area (Å²) in [5.74, 6) is -2.73. The number of hydrogen-bond acceptors (Lipinski definition) is 6. The summed E-state index contributed by atoms with van der Waals surface area (Å²) in [4.78, 5) is 27.0. The van der Waals surface area contributed by atoms with E-state index in [9.17, 15) is 31.2 Å². The Balaban J connectivity index is 1.99. The number of benzene rings is 1. The molecule has 0 aliphatic heterocycles. The van der Waals surface area contributed by atoms with Gasteiger partial charge in [-0.3, -0.25) is 4.79 Å². The molecule has 1 saturated carbocycles. The molecule has 1 unspecified atom stereocenters. The first kappa shape index (κ1) is 24.2. The SMILES string of the molecule is CS(=O)(=O)c1ccc(C(CC2CCCC2)C(=O)Nc2nc(C(=O)O)cs2)cc1C(F)(F)F. The Kier molecular flexibility index (Phi) is 6.94. The first-order valence-electron chi connectivity index (χ1n) is 9.77. The molecule has 174 valence electrons. The van der Waals surface area contributed by atoms with Gasteiger partial charge in [0.25, 0.3) is 0 Å². The number of carbonyl (C=O) groups excluding carboxylic acids is 1. The molecule has 1 heterocycles. The summed E-state index contributed by atoms with van der Waals surface area (Å²) in [6.07, 6.45) is -0.312. The van der Waals surface area contributed by atoms with Crippen LogP contribution in [0.15, 0.2) is 28.5 Å². The Morgan fingerprint density at radius 3 is 2.47 bits per heavy atom. The maximum absolute atomic E-state index is 13.6. The van der Waals surface area contributed by atoms with Crippen molar-refractivity contribution >= 4 is 38.2 Å². The van der Waals surface area contributed by atoms with Crippen molar-refractivity contribution in [2.45, 2.75) is 49.1 Å². The van der Waals surface area contributed by atoms with Gasteiger partial charge in [0.1, 0.15) is 0 Å². The first-order chi connectivity index (χ1) is 14.9. The minimum absolute atomic E-state index is 0.0209. The van der Waals surface area contributed by atoms with E-state index in [4.69, 9.17) is 5.11 Å². The number of aromatic carboxylic acids is 1. The van der Waals surface area contributed by atoms with Crippen molar-refractivity contribution in [2.75, 3.05) is 11.6 Å². The molecule has 2 aromatic rings. The van der Waals surface area contributed by atoms with Crippen molar-refractivity contribution in [1.82, 2.24) is 4.98 Å². The molecular weight excluding hydrogens is 469 g/mol. The lowest BCUT2D eigenvalue weighted by Gasteiger charge is -2.22. The third-order valence-electron chi connectivity index (χ3n) is 5.42. The van der Waals surface area contributed by atoms with Crippen LogP contribution >= 0.6 is 11.3 Å². The summed E-state index contributed by atoms with van der Waals surface area (Å²) < 4.78 is 64.6. The van der Waals surface area contributed by atoms with Crippen LogP contribution in [0.25, 0.3) is 0 Å². The van der Waals surface area contributed by atoms with E-state index < -0.39 is 44.3 Å². The zero-order chi connectivity index (χ0) is 23.7. The second-order valence-corrected chi connectivity index (χ2v) is 10.6. The van der Waals surface area contributed by atoms with Gasteiger partial charge in [0.2, 0.25) is 5.91 Å². The molecule has 0 bridgehead atoms. The van der Waals surface area contributed by atoms with E-state index in [0.717, 1.165) is 49.2 Å². The molecule has 0 saturated heterocycles. The fourth-order valence-electron chi connectivity index (χ4n) is 3.90. The quantitative estimate of drug-likeness (QED) is 0.588. The molecule has 1 fully saturated rings. The predicted molar refractivity (Wildman–Crippen MR) is 112 cm³/mol. The summed E-state index contributed by atoms with van der Waals surface area (Å²) in [7, 11) is -4.14. The van der Waals surface area contributed by atoms with E-state index in [1.807, 2.05) is 0 Å². The van der Waals surface area contributed by atoms with Crippen molar-refractivity contribution in [3.8, 4) is 0 Å². The third kappa shape index (κ3) is 5.66. The minimum Gasteiger partial charge on any atom is -0.476 e. The highest BCUT2D eigenvalue weighted by Crippen LogP contribution is 2.39. The molecule has 7 nitrogen and oxygen atoms in total. The molecule has 12 heteroatoms. The van der Waals surface area contributed by atoms with E-state index in [-0.39, 0.29) is 22.3 Å². The molecule has 32 heavy (non-hydrogen) atoms. The number of nitrogens with zero attached hydrogens (tertiary/aromatic N) is 1. The van der Waals surface area contributed by atoms with E-state index in [0.29, 0.717) is 12.7 Å². The number of amides is 1. The Morgan fingerprint density at radius 2 is 1.94 bits per heavy atom. The molecule has 1 aromatic heterocycles. The predicted octanol–water partition coefficient (Wildman–Crippen LogP) is 4.57. The lowest BCUT2D eigenvalue weighted by Crippen LogP contribution is -2.24. The van der Waals surface area contributed by atoms with Crippen LogP contribution in [0.3, 0.4) is 0 Å². The highest BCUT2D eigenvalue weighted by atomic mass is 32.2. The van der Waals surface area contributed by atoms with Crippen LogP contribution in [-0.4, -0.2) is 36.6 Å². The second-order valence-electron chi connectivity index (χ2n) is 7.80. The van der Waals surface area contributed by atoms with Gasteiger partial charge in [-0.15, -0.1) is 11.3 Å². The molecule has 2 N–H and O–H groups in total. The molecule has 0 radical (unpaired) electrons. The average molecular weight is 491 g/mol. The molecule has 0 spiro atoms. The Bertz CT molecular complexity index is 1120. The van der Waals surface area contributed by atoms with Crippen LogP contribution in [0.5, 0.6) is 0 Å². The number of carboxylic acids is 1. The summed E-state index contributed by atoms with van der Waals surface area (Å²) in [5.41, 5.74) is -1.53. The van der Waals surface area contributed by atoms with Crippen molar-refractivity contribution in [1.29, 1.82) is 0 Å². The van der Waals surface area contributed by atoms with Gasteiger partial charge < -0.3 is 10.4 Å². The van der Waals surface area contributed by atoms with Crippen molar-refractivity contribution in [3.63, 3.8) is 0 Å². The maximum atomic E-state index is 13.6. The van der Waals surface area contributed by atoms with E-state index in [2.05, 4.69) is 10.3 Å². The largest absolute Gasteiger partial charge is 0.476 e. The van der Waals surface area contributed by atoms with Crippen molar-refractivity contribution in [2.24, 2.45) is 5.92 Å². The van der Waals surface area contributed by atoms with Crippen LogP contribution in [0.1, 0.15) is 59.6 Å². The van der Waals surface area contributed by atoms with Gasteiger partial charge >= 0.3 is 12.1 Å². The van der Waals surface area contributed by atoms with Crippen LogP contribution in [0.2, 0.25) is 0 Å². The summed E-state index contributed by atoms with van der Waals surface area (Å²) in [6.45, 7) is 0. The number of carboxylic acid groups (broad SMARTS) is 1. The molecule has 1 atom stereocenters. The number of halogens is 3. The topological polar surface area (TPSA) is 113 Å². The second kappa shape index (κ2) is 9.18. The highest BCUT2D eigenvalue weighted by molar-refractivity contribution is 7.90. The first-order valence-corrected chi connectivity index (χ1v) is 12.5. The molecule has 1 aliphatic rings. The van der Waals surface area contributed by atoms with E-state index in [1.165, 1.54) is 11.4 Å². The summed E-state index contributed by atoms with van der Waals surface area (Å²) in [5, 5.41) is 12.7. The molecule has 1 amide bonds. The number of alkyl halides is 3. The van der Waals surface area contributed by atoms with Crippen LogP contribution < -0.4 is 5.32 Å². The van der Waals surface area contributed by atoms with Gasteiger partial charge in [-0.25, -0.2) is 18.2 Å². The number of thiazole rings is 1. The smallest absolute Gasteiger partial charge is 0.417 e. The van der Waals surface area contributed by atoms with Crippen LogP contribution in [-0.2, 0) is 20.8 Å². The monoisotopic (exact) mass is 490 g/mol. The normalized spacial score (nSPS) is 16.1. The Morgan fingerprint density at radius 1 is 1.28 bits per heavy atom. The highest BCUT2D eigenvalue weighted by Gasteiger charge is 2.38. The standard InChI is InChI=1S/C20H21F3N2O5S2/c1-32(29,30)16-7-6-12(9-14(16)20(21,22)23)13(8-11-4-2-3-5-11)17(26)25-19-24-15(10-31-19)18(27)28/h6-7,9-11,13H,2-5,8H2,1H3,(H,27,28)(H,24,25,26). The zero-order valence-electron chi connectivity index (χ0n) is 17.0. The number of rotatable bonds is 7. The van der Waals surface area contributed by atoms with Gasteiger partial charge in [-0.05, 0) is 30.0 Å². The van der Waals surface area contributed by atoms with Crippen LogP contribution in [0.4, 0.5) is 18.3 Å². The van der Waals surface area contributed by atoms with Crippen LogP contribution in [0, 0.1) is 5.92 Å². The molecule has 1 aliphatic carbocycles. The van der Waals surface area contributed by atoms with E-state index in [1.54, 1.807) is 0 Å². The van der Waals surface area contributed by atoms with Gasteiger partial charge in [-0.1, -0.05) is 31.7 Å². The van der Waals surface area contributed by atoms with Gasteiger partial charge in [0.05, 0.1) is 16.4 Å². The van der Waals surface area contributed by atoms with Crippen molar-refractivity contribution in [3.05, 3.63) is 40.4 Å². The lowest BCUT2D eigenvalue weighted by molar-refractivity contribution is -0.140. The van der Waals surface area contributed by atoms with Gasteiger partial charge in [0.15, 0.2) is 20.7 Å². The number of nitrogens with one attached hydrogen (secondary N) is 1. The number of carbonyl (C=O) groups is 2. The van der Waals surface area contributed by atoms with Gasteiger partial charge in [-0.2, -0.15) is 13.2 Å². The minimum atomic E-state index is -4.92. The van der Waals surface area contributed by atoms with Crippen molar-refractivity contribution < 1.29 is 36.3 Å². The summed E-state index contributed by atoms with van der Waals surface area (Å²) >= 11 is 0.892. The lowest BCUT2D eigenvalue weighted by atomic mass is 9.86. The Labute approximate surface area is 186 Å². The summed E-state index contributed by atoms with van der Waals surface area (Å²) in [6, 6.07) is 2.84. The average Bonchev–Trinajstić information content (AvgIpc) is 3.36. The Hall–Kier alpha value is -2.47. The number of sulfone groups is 1. The molecule has 1 aromatic carbocycles. The fourth-order valence-corrected chi connectivity index (χ4v) is 5.48. The third-order valence-corrected chi connectivity index (χ3v) is 7.34. The van der Waals surface area contributed by atoms with Gasteiger partial charge in [0, 0.05) is 11.6 Å². The van der Waals surface area contributed by atoms with E-state index >= 15 is 0 Å².